The molecule has 3 heterocycles. The van der Waals surface area contributed by atoms with Gasteiger partial charge in [-0.05, 0) is 66.2 Å². The van der Waals surface area contributed by atoms with Gasteiger partial charge in [0.05, 0.1) is 6.61 Å². The molecule has 2 aliphatic heterocycles. The summed E-state index contributed by atoms with van der Waals surface area (Å²) in [7, 11) is 0. The van der Waals surface area contributed by atoms with E-state index in [9.17, 15) is 0 Å². The van der Waals surface area contributed by atoms with Gasteiger partial charge < -0.3 is 9.47 Å². The molecule has 1 atom stereocenters. The first-order valence-electron chi connectivity index (χ1n) is 11.5. The Morgan fingerprint density at radius 2 is 1.69 bits per heavy atom. The third kappa shape index (κ3) is 3.73. The SMILES string of the molecule is c1ccc2c(c1)COC(c1ccc(OCCN3CCCC3)cc1)c1c-2sc2ccccc12. The van der Waals surface area contributed by atoms with Crippen LogP contribution in [0.4, 0.5) is 0 Å². The Balaban J connectivity index is 1.31. The van der Waals surface area contributed by atoms with Crippen molar-refractivity contribution in [2.75, 3.05) is 26.2 Å². The summed E-state index contributed by atoms with van der Waals surface area (Å²) in [5.74, 6) is 0.931. The highest BCUT2D eigenvalue weighted by Gasteiger charge is 2.28. The summed E-state index contributed by atoms with van der Waals surface area (Å²) in [5.41, 5.74) is 5.02. The number of hydrogen-bond acceptors (Lipinski definition) is 4. The van der Waals surface area contributed by atoms with E-state index in [0.717, 1.165) is 18.9 Å². The molecular weight excluding hydrogens is 414 g/mol. The summed E-state index contributed by atoms with van der Waals surface area (Å²) in [5, 5.41) is 1.29. The van der Waals surface area contributed by atoms with Crippen molar-refractivity contribution in [1.29, 1.82) is 0 Å². The molecule has 32 heavy (non-hydrogen) atoms. The Labute approximate surface area is 193 Å². The average molecular weight is 442 g/mol. The second-order valence-corrected chi connectivity index (χ2v) is 9.71. The number of ether oxygens (including phenoxy) is 2. The predicted molar refractivity (Wildman–Crippen MR) is 132 cm³/mol. The van der Waals surface area contributed by atoms with Crippen LogP contribution in [0.5, 0.6) is 5.75 Å². The molecule has 3 aromatic carbocycles. The Morgan fingerprint density at radius 1 is 0.906 bits per heavy atom. The van der Waals surface area contributed by atoms with Crippen LogP contribution in [-0.2, 0) is 11.3 Å². The number of hydrogen-bond donors (Lipinski definition) is 0. The first-order valence-corrected chi connectivity index (χ1v) is 12.3. The van der Waals surface area contributed by atoms with Gasteiger partial charge in [0, 0.05) is 21.7 Å². The van der Waals surface area contributed by atoms with Crippen LogP contribution in [0.25, 0.3) is 20.5 Å². The number of nitrogens with zero attached hydrogens (tertiary/aromatic N) is 1. The van der Waals surface area contributed by atoms with E-state index in [-0.39, 0.29) is 6.10 Å². The summed E-state index contributed by atoms with van der Waals surface area (Å²) < 4.78 is 13.9. The third-order valence-corrected chi connectivity index (χ3v) is 7.84. The highest BCUT2D eigenvalue weighted by atomic mass is 32.1. The molecule has 4 heteroatoms. The fourth-order valence-corrected chi connectivity index (χ4v) is 6.24. The highest BCUT2D eigenvalue weighted by Crippen LogP contribution is 2.48. The number of fused-ring (bicyclic) bond motifs is 5. The van der Waals surface area contributed by atoms with Crippen LogP contribution in [0.1, 0.15) is 35.6 Å². The quantitative estimate of drug-likeness (QED) is 0.345. The second kappa shape index (κ2) is 8.70. The normalized spacial score (nSPS) is 18.3. The monoisotopic (exact) mass is 441 g/mol. The standard InChI is InChI=1S/C28H27NO2S/c1-2-8-23-21(7-1)19-31-27(26-24-9-3-4-10-25(24)32-28(23)26)20-11-13-22(14-12-20)30-18-17-29-15-5-6-16-29/h1-4,7-14,27H,5-6,15-19H2. The molecule has 0 bridgehead atoms. The molecular formula is C28H27NO2S. The van der Waals surface area contributed by atoms with E-state index in [1.54, 1.807) is 0 Å². The summed E-state index contributed by atoms with van der Waals surface area (Å²) in [6.45, 7) is 4.79. The lowest BCUT2D eigenvalue weighted by molar-refractivity contribution is 0.0702. The van der Waals surface area contributed by atoms with Crippen LogP contribution < -0.4 is 4.74 Å². The summed E-state index contributed by atoms with van der Waals surface area (Å²) in [4.78, 5) is 3.81. The molecule has 1 aromatic heterocycles. The van der Waals surface area contributed by atoms with E-state index in [2.05, 4.69) is 77.7 Å². The highest BCUT2D eigenvalue weighted by molar-refractivity contribution is 7.22. The third-order valence-electron chi connectivity index (χ3n) is 6.62. The molecule has 0 saturated carbocycles. The fourth-order valence-electron chi connectivity index (χ4n) is 4.95. The van der Waals surface area contributed by atoms with E-state index in [1.165, 1.54) is 63.1 Å². The minimum atomic E-state index is -0.0906. The van der Waals surface area contributed by atoms with Crippen molar-refractivity contribution in [3.8, 4) is 16.2 Å². The van der Waals surface area contributed by atoms with Gasteiger partial charge in [-0.25, -0.2) is 0 Å². The maximum atomic E-state index is 6.56. The van der Waals surface area contributed by atoms with E-state index in [1.807, 2.05) is 11.3 Å². The van der Waals surface area contributed by atoms with Crippen molar-refractivity contribution in [2.45, 2.75) is 25.6 Å². The molecule has 4 aromatic rings. The van der Waals surface area contributed by atoms with Crippen molar-refractivity contribution < 1.29 is 9.47 Å². The molecule has 0 radical (unpaired) electrons. The van der Waals surface area contributed by atoms with E-state index >= 15 is 0 Å². The van der Waals surface area contributed by atoms with Crippen LogP contribution in [0.3, 0.4) is 0 Å². The second-order valence-electron chi connectivity index (χ2n) is 8.66. The zero-order valence-electron chi connectivity index (χ0n) is 18.1. The molecule has 162 valence electrons. The lowest BCUT2D eigenvalue weighted by atomic mass is 9.96. The van der Waals surface area contributed by atoms with Crippen molar-refractivity contribution >= 4 is 21.4 Å². The first-order chi connectivity index (χ1) is 15.9. The minimum absolute atomic E-state index is 0.0906. The number of benzene rings is 3. The van der Waals surface area contributed by atoms with Gasteiger partial charge in [0.15, 0.2) is 0 Å². The van der Waals surface area contributed by atoms with Gasteiger partial charge in [-0.15, -0.1) is 11.3 Å². The Hall–Kier alpha value is -2.66. The zero-order valence-corrected chi connectivity index (χ0v) is 18.9. The van der Waals surface area contributed by atoms with Crippen molar-refractivity contribution in [3.63, 3.8) is 0 Å². The maximum Gasteiger partial charge on any atom is 0.119 e. The molecule has 0 aliphatic carbocycles. The fraction of sp³-hybridized carbons (Fsp3) is 0.286. The molecule has 1 unspecified atom stereocenters. The van der Waals surface area contributed by atoms with E-state index < -0.39 is 0 Å². The zero-order chi connectivity index (χ0) is 21.3. The lowest BCUT2D eigenvalue weighted by Gasteiger charge is -2.18. The molecule has 3 nitrogen and oxygen atoms in total. The Kier molecular flexibility index (Phi) is 5.43. The van der Waals surface area contributed by atoms with Gasteiger partial charge in [-0.1, -0.05) is 54.6 Å². The maximum absolute atomic E-state index is 6.56. The van der Waals surface area contributed by atoms with Crippen molar-refractivity contribution in [3.05, 3.63) is 89.5 Å². The topological polar surface area (TPSA) is 21.7 Å². The molecule has 0 spiro atoms. The summed E-state index contributed by atoms with van der Waals surface area (Å²) in [6, 6.07) is 25.8. The lowest BCUT2D eigenvalue weighted by Crippen LogP contribution is -2.25. The molecule has 1 fully saturated rings. The van der Waals surface area contributed by atoms with E-state index in [0.29, 0.717) is 6.61 Å². The van der Waals surface area contributed by atoms with Crippen LogP contribution in [0.15, 0.2) is 72.8 Å². The number of rotatable bonds is 5. The first kappa shape index (κ1) is 20.0. The minimum Gasteiger partial charge on any atom is -0.492 e. The van der Waals surface area contributed by atoms with E-state index in [4.69, 9.17) is 9.47 Å². The van der Waals surface area contributed by atoms with Crippen LogP contribution in [-0.4, -0.2) is 31.1 Å². The van der Waals surface area contributed by atoms with Crippen LogP contribution >= 0.6 is 11.3 Å². The molecule has 6 rings (SSSR count). The number of thiophene rings is 1. The number of likely N-dealkylation sites (tertiary alicyclic amines) is 1. The van der Waals surface area contributed by atoms with Crippen LogP contribution in [0.2, 0.25) is 0 Å². The van der Waals surface area contributed by atoms with Crippen molar-refractivity contribution in [2.24, 2.45) is 0 Å². The Bertz CT molecular complexity index is 1220. The Morgan fingerprint density at radius 3 is 2.56 bits per heavy atom. The smallest absolute Gasteiger partial charge is 0.119 e. The molecule has 0 amide bonds. The predicted octanol–water partition coefficient (Wildman–Crippen LogP) is 6.66. The van der Waals surface area contributed by atoms with Crippen LogP contribution in [0, 0.1) is 0 Å². The summed E-state index contributed by atoms with van der Waals surface area (Å²) >= 11 is 1.87. The van der Waals surface area contributed by atoms with Gasteiger partial charge in [0.2, 0.25) is 0 Å². The summed E-state index contributed by atoms with van der Waals surface area (Å²) in [6.07, 6.45) is 2.55. The molecule has 0 N–H and O–H groups in total. The average Bonchev–Trinajstić information content (AvgIpc) is 3.45. The van der Waals surface area contributed by atoms with Gasteiger partial charge in [0.1, 0.15) is 18.5 Å². The molecule has 2 aliphatic rings. The largest absolute Gasteiger partial charge is 0.492 e. The van der Waals surface area contributed by atoms with Crippen molar-refractivity contribution in [1.82, 2.24) is 4.90 Å². The molecule has 1 saturated heterocycles. The van der Waals surface area contributed by atoms with Gasteiger partial charge >= 0.3 is 0 Å². The van der Waals surface area contributed by atoms with Gasteiger partial charge in [0.25, 0.3) is 0 Å². The van der Waals surface area contributed by atoms with Gasteiger partial charge in [-0.2, -0.15) is 0 Å². The van der Waals surface area contributed by atoms with Gasteiger partial charge in [-0.3, -0.25) is 4.90 Å².